The van der Waals surface area contributed by atoms with Gasteiger partial charge < -0.3 is 0 Å². The molecule has 1 fully saturated rings. The molecule has 1 unspecified atom stereocenters. The molecule has 0 saturated carbocycles. The molecule has 74 valence electrons. The molecule has 2 rings (SSSR count). The quantitative estimate of drug-likeness (QED) is 0.462. The SMILES string of the molecule is O=[N+]([O-])c1ccc(C2CCSN2)cc1. The number of nitro groups is 1. The lowest BCUT2D eigenvalue weighted by Gasteiger charge is -2.08. The van der Waals surface area contributed by atoms with Crippen LogP contribution in [0.15, 0.2) is 24.3 Å². The van der Waals surface area contributed by atoms with Crippen LogP contribution in [-0.2, 0) is 0 Å². The highest BCUT2D eigenvalue weighted by molar-refractivity contribution is 7.97. The van der Waals surface area contributed by atoms with E-state index in [1.54, 1.807) is 24.1 Å². The molecule has 0 amide bonds. The fraction of sp³-hybridized carbons (Fsp3) is 0.333. The molecule has 1 saturated heterocycles. The fourth-order valence-electron chi connectivity index (χ4n) is 1.46. The predicted molar refractivity (Wildman–Crippen MR) is 56.0 cm³/mol. The van der Waals surface area contributed by atoms with Gasteiger partial charge in [0.25, 0.3) is 5.69 Å². The predicted octanol–water partition coefficient (Wildman–Crippen LogP) is 2.28. The normalized spacial score (nSPS) is 21.0. The summed E-state index contributed by atoms with van der Waals surface area (Å²) in [5, 5.41) is 10.4. The van der Waals surface area contributed by atoms with Crippen LogP contribution in [0.25, 0.3) is 0 Å². The second kappa shape index (κ2) is 3.98. The van der Waals surface area contributed by atoms with Crippen LogP contribution >= 0.6 is 11.9 Å². The van der Waals surface area contributed by atoms with Crippen molar-refractivity contribution in [1.82, 2.24) is 4.72 Å². The van der Waals surface area contributed by atoms with E-state index in [0.717, 1.165) is 17.7 Å². The van der Waals surface area contributed by atoms with E-state index in [-0.39, 0.29) is 10.6 Å². The van der Waals surface area contributed by atoms with Crippen molar-refractivity contribution in [3.8, 4) is 0 Å². The Kier molecular flexibility index (Phi) is 2.69. The molecule has 14 heavy (non-hydrogen) atoms. The number of non-ortho nitro benzene ring substituents is 1. The molecular weight excluding hydrogens is 200 g/mol. The zero-order valence-corrected chi connectivity index (χ0v) is 8.29. The van der Waals surface area contributed by atoms with E-state index < -0.39 is 0 Å². The third-order valence-corrected chi connectivity index (χ3v) is 3.13. The summed E-state index contributed by atoms with van der Waals surface area (Å²) in [6.45, 7) is 0. The molecule has 0 aromatic heterocycles. The molecule has 0 bridgehead atoms. The maximum absolute atomic E-state index is 10.4. The number of hydrogen-bond donors (Lipinski definition) is 1. The van der Waals surface area contributed by atoms with Crippen LogP contribution in [0.4, 0.5) is 5.69 Å². The van der Waals surface area contributed by atoms with E-state index >= 15 is 0 Å². The minimum Gasteiger partial charge on any atom is -0.258 e. The third-order valence-electron chi connectivity index (χ3n) is 2.24. The smallest absolute Gasteiger partial charge is 0.258 e. The summed E-state index contributed by atoms with van der Waals surface area (Å²) in [7, 11) is 0. The van der Waals surface area contributed by atoms with Crippen molar-refractivity contribution in [2.45, 2.75) is 12.5 Å². The van der Waals surface area contributed by atoms with Crippen molar-refractivity contribution in [1.29, 1.82) is 0 Å². The molecular formula is C9H10N2O2S. The molecule has 1 aliphatic heterocycles. The lowest BCUT2D eigenvalue weighted by molar-refractivity contribution is -0.384. The Bertz CT molecular complexity index is 333. The highest BCUT2D eigenvalue weighted by atomic mass is 32.2. The molecule has 1 atom stereocenters. The molecule has 0 spiro atoms. The van der Waals surface area contributed by atoms with Gasteiger partial charge in [-0.25, -0.2) is 0 Å². The van der Waals surface area contributed by atoms with E-state index in [1.807, 2.05) is 12.1 Å². The molecule has 5 heteroatoms. The van der Waals surface area contributed by atoms with E-state index in [0.29, 0.717) is 6.04 Å². The van der Waals surface area contributed by atoms with E-state index in [9.17, 15) is 10.1 Å². The van der Waals surface area contributed by atoms with Crippen LogP contribution < -0.4 is 4.72 Å². The van der Waals surface area contributed by atoms with E-state index in [2.05, 4.69) is 4.72 Å². The van der Waals surface area contributed by atoms with Gasteiger partial charge in [0.05, 0.1) is 4.92 Å². The summed E-state index contributed by atoms with van der Waals surface area (Å²) in [6.07, 6.45) is 1.09. The van der Waals surface area contributed by atoms with Crippen LogP contribution in [0.1, 0.15) is 18.0 Å². The van der Waals surface area contributed by atoms with Gasteiger partial charge in [-0.2, -0.15) is 0 Å². The average molecular weight is 210 g/mol. The van der Waals surface area contributed by atoms with Gasteiger partial charge in [0.2, 0.25) is 0 Å². The van der Waals surface area contributed by atoms with E-state index in [1.165, 1.54) is 0 Å². The summed E-state index contributed by atoms with van der Waals surface area (Å²) in [6, 6.07) is 7.10. The maximum Gasteiger partial charge on any atom is 0.269 e. The fourth-order valence-corrected chi connectivity index (χ4v) is 2.38. The van der Waals surface area contributed by atoms with Gasteiger partial charge in [-0.15, -0.1) is 0 Å². The lowest BCUT2D eigenvalue weighted by atomic mass is 10.1. The van der Waals surface area contributed by atoms with Crippen molar-refractivity contribution >= 4 is 17.6 Å². The number of rotatable bonds is 2. The van der Waals surface area contributed by atoms with Crippen molar-refractivity contribution in [3.63, 3.8) is 0 Å². The monoisotopic (exact) mass is 210 g/mol. The van der Waals surface area contributed by atoms with Crippen molar-refractivity contribution in [2.75, 3.05) is 5.75 Å². The molecule has 1 aliphatic rings. The number of nitro benzene ring substituents is 1. The first-order valence-electron chi connectivity index (χ1n) is 4.39. The van der Waals surface area contributed by atoms with Crippen molar-refractivity contribution < 1.29 is 4.92 Å². The summed E-state index contributed by atoms with van der Waals surface area (Å²) in [4.78, 5) is 10.0. The van der Waals surface area contributed by atoms with Crippen LogP contribution in [0.3, 0.4) is 0 Å². The number of nitrogens with one attached hydrogen (secondary N) is 1. The zero-order valence-electron chi connectivity index (χ0n) is 7.47. The second-order valence-corrected chi connectivity index (χ2v) is 4.09. The van der Waals surface area contributed by atoms with Gasteiger partial charge in [0.15, 0.2) is 0 Å². The van der Waals surface area contributed by atoms with E-state index in [4.69, 9.17) is 0 Å². The third kappa shape index (κ3) is 1.88. The van der Waals surface area contributed by atoms with Gasteiger partial charge in [-0.3, -0.25) is 14.8 Å². The molecule has 4 nitrogen and oxygen atoms in total. The molecule has 1 aromatic carbocycles. The average Bonchev–Trinajstić information content (AvgIpc) is 2.71. The second-order valence-electron chi connectivity index (χ2n) is 3.16. The minimum absolute atomic E-state index is 0.152. The topological polar surface area (TPSA) is 55.2 Å². The van der Waals surface area contributed by atoms with Gasteiger partial charge in [0, 0.05) is 23.9 Å². The van der Waals surface area contributed by atoms with Crippen molar-refractivity contribution in [2.24, 2.45) is 0 Å². The molecule has 1 aromatic rings. The standard InChI is InChI=1S/C9H10N2O2S/c12-11(13)8-3-1-7(2-4-8)9-5-6-14-10-9/h1-4,9-10H,5-6H2. The summed E-state index contributed by atoms with van der Waals surface area (Å²) in [5.74, 6) is 1.10. The number of nitrogens with zero attached hydrogens (tertiary/aromatic N) is 1. The zero-order chi connectivity index (χ0) is 9.97. The van der Waals surface area contributed by atoms with Crippen LogP contribution in [0.5, 0.6) is 0 Å². The van der Waals surface area contributed by atoms with Crippen molar-refractivity contribution in [3.05, 3.63) is 39.9 Å². The van der Waals surface area contributed by atoms with Gasteiger partial charge >= 0.3 is 0 Å². The Morgan fingerprint density at radius 1 is 1.43 bits per heavy atom. The van der Waals surface area contributed by atoms with Crippen LogP contribution in [0, 0.1) is 10.1 Å². The van der Waals surface area contributed by atoms with Gasteiger partial charge in [-0.1, -0.05) is 24.1 Å². The highest BCUT2D eigenvalue weighted by Crippen LogP contribution is 2.27. The largest absolute Gasteiger partial charge is 0.269 e. The summed E-state index contributed by atoms with van der Waals surface area (Å²) < 4.78 is 3.27. The Labute approximate surface area is 86.0 Å². The summed E-state index contributed by atoms with van der Waals surface area (Å²) in [5.41, 5.74) is 1.28. The lowest BCUT2D eigenvalue weighted by Crippen LogP contribution is -2.06. The Hall–Kier alpha value is -1.07. The first-order chi connectivity index (χ1) is 6.77. The van der Waals surface area contributed by atoms with Crippen LogP contribution in [-0.4, -0.2) is 10.7 Å². The maximum atomic E-state index is 10.4. The number of hydrogen-bond acceptors (Lipinski definition) is 4. The molecule has 1 N–H and O–H groups in total. The minimum atomic E-state index is -0.374. The molecule has 0 radical (unpaired) electrons. The Morgan fingerprint density at radius 3 is 2.64 bits per heavy atom. The Balaban J connectivity index is 2.16. The number of benzene rings is 1. The van der Waals surface area contributed by atoms with Gasteiger partial charge in [-0.05, 0) is 12.0 Å². The first-order valence-corrected chi connectivity index (χ1v) is 5.37. The summed E-state index contributed by atoms with van der Waals surface area (Å²) >= 11 is 1.70. The van der Waals surface area contributed by atoms with Crippen LogP contribution in [0.2, 0.25) is 0 Å². The molecule has 0 aliphatic carbocycles. The van der Waals surface area contributed by atoms with Gasteiger partial charge in [0.1, 0.15) is 0 Å². The first kappa shape index (κ1) is 9.48. The Morgan fingerprint density at radius 2 is 2.14 bits per heavy atom. The highest BCUT2D eigenvalue weighted by Gasteiger charge is 2.17. The molecule has 1 heterocycles.